The van der Waals surface area contributed by atoms with E-state index >= 15 is 0 Å². The van der Waals surface area contributed by atoms with Crippen LogP contribution in [0.15, 0.2) is 24.3 Å². The van der Waals surface area contributed by atoms with Crippen molar-refractivity contribution in [3.8, 4) is 5.75 Å². The molecule has 0 saturated carbocycles. The molecule has 0 aromatic heterocycles. The highest BCUT2D eigenvalue weighted by Gasteiger charge is 2.10. The normalized spacial score (nSPS) is 12.2. The lowest BCUT2D eigenvalue weighted by molar-refractivity contribution is -0.117. The van der Waals surface area contributed by atoms with Crippen molar-refractivity contribution in [3.63, 3.8) is 0 Å². The Balaban J connectivity index is 2.26. The summed E-state index contributed by atoms with van der Waals surface area (Å²) in [5.41, 5.74) is 0.759. The number of carbonyl (C=O) groups is 1. The van der Waals surface area contributed by atoms with Crippen molar-refractivity contribution in [2.24, 2.45) is 5.92 Å². The fourth-order valence-corrected chi connectivity index (χ4v) is 3.49. The predicted octanol–water partition coefficient (Wildman–Crippen LogP) is 5.81. The summed E-state index contributed by atoms with van der Waals surface area (Å²) in [6.45, 7) is 12.4. The Morgan fingerprint density at radius 2 is 1.67 bits per heavy atom. The molecule has 1 rings (SSSR count). The molecule has 6 heteroatoms. The highest BCUT2D eigenvalue weighted by Crippen LogP contribution is 2.22. The minimum atomic E-state index is -0.0606. The van der Waals surface area contributed by atoms with Gasteiger partial charge in [0.2, 0.25) is 5.91 Å². The zero-order valence-corrected chi connectivity index (χ0v) is 21.5. The molecule has 0 fully saturated rings. The van der Waals surface area contributed by atoms with Crippen molar-refractivity contribution in [1.29, 1.82) is 0 Å². The summed E-state index contributed by atoms with van der Waals surface area (Å²) >= 11 is 0. The fraction of sp³-hybridized carbons (Fsp3) is 0.741. The summed E-state index contributed by atoms with van der Waals surface area (Å²) in [6.07, 6.45) is 9.04. The Morgan fingerprint density at radius 3 is 2.39 bits per heavy atom. The molecule has 1 aromatic rings. The van der Waals surface area contributed by atoms with Crippen LogP contribution >= 0.6 is 0 Å². The van der Waals surface area contributed by atoms with Gasteiger partial charge in [-0.1, -0.05) is 65.9 Å². The Labute approximate surface area is 202 Å². The molecule has 1 unspecified atom stereocenters. The van der Waals surface area contributed by atoms with E-state index in [-0.39, 0.29) is 5.91 Å². The number of unbranched alkanes of at least 4 members (excludes halogenated alkanes) is 3. The van der Waals surface area contributed by atoms with Crippen molar-refractivity contribution < 1.29 is 19.0 Å². The second kappa shape index (κ2) is 19.8. The van der Waals surface area contributed by atoms with Gasteiger partial charge in [0, 0.05) is 24.3 Å². The molecule has 2 N–H and O–H groups in total. The van der Waals surface area contributed by atoms with E-state index in [9.17, 15) is 4.79 Å². The molecule has 0 aliphatic heterocycles. The number of rotatable bonds is 21. The van der Waals surface area contributed by atoms with Crippen molar-refractivity contribution in [1.82, 2.24) is 5.32 Å². The maximum Gasteiger partial charge on any atom is 0.226 e. The third kappa shape index (κ3) is 16.6. The van der Waals surface area contributed by atoms with E-state index in [0.717, 1.165) is 24.6 Å². The third-order valence-corrected chi connectivity index (χ3v) is 5.43. The summed E-state index contributed by atoms with van der Waals surface area (Å²) in [4.78, 5) is 12.2. The second-order valence-electron chi connectivity index (χ2n) is 8.97. The number of hydrogen-bond acceptors (Lipinski definition) is 5. The van der Waals surface area contributed by atoms with Crippen molar-refractivity contribution in [2.75, 3.05) is 44.9 Å². The summed E-state index contributed by atoms with van der Waals surface area (Å²) in [7, 11) is 0. The zero-order chi connectivity index (χ0) is 24.2. The highest BCUT2D eigenvalue weighted by atomic mass is 16.5. The topological polar surface area (TPSA) is 68.8 Å². The molecule has 1 aromatic carbocycles. The van der Waals surface area contributed by atoms with E-state index in [4.69, 9.17) is 14.2 Å². The van der Waals surface area contributed by atoms with Gasteiger partial charge in [-0.05, 0) is 30.9 Å². The van der Waals surface area contributed by atoms with Crippen LogP contribution in [0.5, 0.6) is 5.75 Å². The first-order valence-corrected chi connectivity index (χ1v) is 13.0. The van der Waals surface area contributed by atoms with E-state index in [1.54, 1.807) is 0 Å². The van der Waals surface area contributed by atoms with E-state index in [0.29, 0.717) is 44.8 Å². The van der Waals surface area contributed by atoms with Gasteiger partial charge in [0.25, 0.3) is 0 Å². The van der Waals surface area contributed by atoms with Gasteiger partial charge < -0.3 is 24.8 Å². The number of benzene rings is 1. The van der Waals surface area contributed by atoms with Gasteiger partial charge in [0.05, 0.1) is 39.5 Å². The van der Waals surface area contributed by atoms with Crippen LogP contribution in [0.4, 0.5) is 5.69 Å². The molecule has 0 saturated heterocycles. The predicted molar refractivity (Wildman–Crippen MR) is 137 cm³/mol. The zero-order valence-electron chi connectivity index (χ0n) is 21.5. The van der Waals surface area contributed by atoms with Crippen LogP contribution < -0.4 is 15.4 Å². The van der Waals surface area contributed by atoms with Gasteiger partial charge in [-0.25, -0.2) is 0 Å². The first-order chi connectivity index (χ1) is 16.0. The highest BCUT2D eigenvalue weighted by molar-refractivity contribution is 5.90. The molecule has 6 nitrogen and oxygen atoms in total. The fourth-order valence-electron chi connectivity index (χ4n) is 3.49. The van der Waals surface area contributed by atoms with Crippen LogP contribution in [0.25, 0.3) is 0 Å². The molecule has 0 aliphatic carbocycles. The quantitative estimate of drug-likeness (QED) is 0.225. The molecule has 190 valence electrons. The Bertz CT molecular complexity index is 610. The van der Waals surface area contributed by atoms with E-state index < -0.39 is 0 Å². The maximum atomic E-state index is 12.2. The number of carbonyl (C=O) groups excluding carboxylic acids is 1. The Morgan fingerprint density at radius 1 is 0.939 bits per heavy atom. The SMILES string of the molecule is CCCCCC(CCCC)COc1cccc(NC(=O)CCOCCOCCNC(C)C)c1. The van der Waals surface area contributed by atoms with Gasteiger partial charge in [0.15, 0.2) is 0 Å². The average molecular weight is 465 g/mol. The van der Waals surface area contributed by atoms with Gasteiger partial charge >= 0.3 is 0 Å². The van der Waals surface area contributed by atoms with E-state index in [1.807, 2.05) is 24.3 Å². The lowest BCUT2D eigenvalue weighted by Gasteiger charge is -2.18. The monoisotopic (exact) mass is 464 g/mol. The van der Waals surface area contributed by atoms with Crippen molar-refractivity contribution in [3.05, 3.63) is 24.3 Å². The average Bonchev–Trinajstić information content (AvgIpc) is 2.79. The molecule has 33 heavy (non-hydrogen) atoms. The van der Waals surface area contributed by atoms with Gasteiger partial charge in [0.1, 0.15) is 5.75 Å². The molecular formula is C27H48N2O4. The third-order valence-electron chi connectivity index (χ3n) is 5.43. The van der Waals surface area contributed by atoms with Crippen molar-refractivity contribution >= 4 is 11.6 Å². The summed E-state index contributed by atoms with van der Waals surface area (Å²) in [6, 6.07) is 8.14. The smallest absolute Gasteiger partial charge is 0.226 e. The first kappa shape index (κ1) is 29.4. The minimum Gasteiger partial charge on any atom is -0.493 e. The number of nitrogens with one attached hydrogen (secondary N) is 2. The summed E-state index contributed by atoms with van der Waals surface area (Å²) in [5.74, 6) is 1.35. The summed E-state index contributed by atoms with van der Waals surface area (Å²) < 4.78 is 17.1. The lowest BCUT2D eigenvalue weighted by Crippen LogP contribution is -2.27. The van der Waals surface area contributed by atoms with Crippen LogP contribution in [0.1, 0.15) is 79.1 Å². The van der Waals surface area contributed by atoms with Crippen LogP contribution in [-0.4, -0.2) is 51.5 Å². The molecule has 0 radical (unpaired) electrons. The molecule has 0 bridgehead atoms. The van der Waals surface area contributed by atoms with Gasteiger partial charge in [-0.15, -0.1) is 0 Å². The largest absolute Gasteiger partial charge is 0.493 e. The summed E-state index contributed by atoms with van der Waals surface area (Å²) in [5, 5.41) is 6.23. The Hall–Kier alpha value is -1.63. The lowest BCUT2D eigenvalue weighted by atomic mass is 9.96. The number of hydrogen-bond donors (Lipinski definition) is 2. The van der Waals surface area contributed by atoms with Crippen LogP contribution in [-0.2, 0) is 14.3 Å². The standard InChI is InChI=1S/C27H48N2O4/c1-5-7-9-12-24(11-8-6-2)22-33-26-14-10-13-25(21-26)29-27(30)15-17-31-19-20-32-18-16-28-23(3)4/h10,13-14,21,23-24,28H,5-9,11-12,15-20,22H2,1-4H3,(H,29,30). The molecule has 0 heterocycles. The number of ether oxygens (including phenoxy) is 3. The molecule has 1 amide bonds. The first-order valence-electron chi connectivity index (χ1n) is 13.0. The van der Waals surface area contributed by atoms with Crippen molar-refractivity contribution in [2.45, 2.75) is 85.1 Å². The molecule has 0 aliphatic rings. The maximum absolute atomic E-state index is 12.2. The van der Waals surface area contributed by atoms with E-state index in [1.165, 1.54) is 44.9 Å². The van der Waals surface area contributed by atoms with Crippen LogP contribution in [0, 0.1) is 5.92 Å². The minimum absolute atomic E-state index is 0.0606. The van der Waals surface area contributed by atoms with Gasteiger partial charge in [-0.2, -0.15) is 0 Å². The van der Waals surface area contributed by atoms with Crippen LogP contribution in [0.2, 0.25) is 0 Å². The molecule has 0 spiro atoms. The number of amides is 1. The molecular weight excluding hydrogens is 416 g/mol. The van der Waals surface area contributed by atoms with Gasteiger partial charge in [-0.3, -0.25) is 4.79 Å². The Kier molecular flexibility index (Phi) is 17.6. The van der Waals surface area contributed by atoms with E-state index in [2.05, 4.69) is 38.3 Å². The molecule has 1 atom stereocenters. The second-order valence-corrected chi connectivity index (χ2v) is 8.97. The number of anilines is 1. The van der Waals surface area contributed by atoms with Crippen LogP contribution in [0.3, 0.4) is 0 Å².